The third-order valence-electron chi connectivity index (χ3n) is 6.55. The van der Waals surface area contributed by atoms with E-state index >= 15 is 0 Å². The van der Waals surface area contributed by atoms with Crippen molar-refractivity contribution in [2.75, 3.05) is 0 Å². The molecule has 0 radical (unpaired) electrons. The molecule has 40 heavy (non-hydrogen) atoms. The molecule has 4 aromatic carbocycles. The number of alkyl halides is 3. The van der Waals surface area contributed by atoms with Crippen molar-refractivity contribution in [2.45, 2.75) is 31.9 Å². The summed E-state index contributed by atoms with van der Waals surface area (Å²) in [5.74, 6) is -0.506. The monoisotopic (exact) mass is 564 g/mol. The van der Waals surface area contributed by atoms with Crippen LogP contribution in [-0.4, -0.2) is 10.5 Å². The van der Waals surface area contributed by atoms with Crippen molar-refractivity contribution in [3.8, 4) is 0 Å². The first-order chi connectivity index (χ1) is 18.9. The number of nitrogens with zero attached hydrogens (tertiary/aromatic N) is 1. The molecule has 0 aliphatic rings. The maximum atomic E-state index is 13.5. The Hall–Kier alpha value is -4.07. The van der Waals surface area contributed by atoms with Crippen LogP contribution in [0.1, 0.15) is 33.9 Å². The zero-order valence-electron chi connectivity index (χ0n) is 21.5. The first-order valence-electron chi connectivity index (χ1n) is 12.6. The van der Waals surface area contributed by atoms with E-state index < -0.39 is 23.8 Å². The Morgan fingerprint density at radius 1 is 0.800 bits per heavy atom. The van der Waals surface area contributed by atoms with Gasteiger partial charge in [0, 0.05) is 35.8 Å². The molecule has 0 aliphatic heterocycles. The molecule has 206 valence electrons. The molecular weight excluding hydrogens is 537 g/mol. The Morgan fingerprint density at radius 2 is 1.43 bits per heavy atom. The number of halogens is 4. The number of hydrogen-bond acceptors (Lipinski definition) is 3. The number of aromatic nitrogens is 1. The molecule has 0 saturated carbocycles. The summed E-state index contributed by atoms with van der Waals surface area (Å²) in [6.07, 6.45) is -2.53. The topological polar surface area (TPSA) is 43.3 Å². The molecule has 5 rings (SSSR count). The molecule has 0 bridgehead atoms. The second-order valence-corrected chi connectivity index (χ2v) is 9.32. The molecule has 5 aromatic rings. The number of esters is 1. The lowest BCUT2D eigenvalue weighted by molar-refractivity contribution is -0.147. The Labute approximate surface area is 236 Å². The zero-order valence-corrected chi connectivity index (χ0v) is 22.3. The van der Waals surface area contributed by atoms with Gasteiger partial charge in [-0.2, -0.15) is 13.2 Å². The molecule has 0 spiro atoms. The van der Waals surface area contributed by atoms with Crippen molar-refractivity contribution in [3.05, 3.63) is 143 Å². The Balaban J connectivity index is 0.00000370. The first kappa shape index (κ1) is 28.9. The second-order valence-electron chi connectivity index (χ2n) is 9.32. The van der Waals surface area contributed by atoms with Crippen molar-refractivity contribution in [1.29, 1.82) is 0 Å². The van der Waals surface area contributed by atoms with Crippen LogP contribution in [0.3, 0.4) is 0 Å². The van der Waals surface area contributed by atoms with Crippen LogP contribution in [0.25, 0.3) is 10.9 Å². The van der Waals surface area contributed by atoms with Crippen LogP contribution in [0.2, 0.25) is 0 Å². The van der Waals surface area contributed by atoms with Gasteiger partial charge in [-0.25, -0.2) is 4.79 Å². The van der Waals surface area contributed by atoms with E-state index in [0.717, 1.165) is 34.2 Å². The molecule has 1 aromatic heterocycles. The Morgan fingerprint density at radius 3 is 2.12 bits per heavy atom. The highest BCUT2D eigenvalue weighted by Crippen LogP contribution is 2.31. The van der Waals surface area contributed by atoms with Gasteiger partial charge in [-0.15, -0.1) is 12.4 Å². The van der Waals surface area contributed by atoms with E-state index in [0.29, 0.717) is 17.7 Å². The van der Waals surface area contributed by atoms with Crippen molar-refractivity contribution in [1.82, 2.24) is 9.88 Å². The SMILES string of the molecule is Cl.O=C(OCc1ccccc1)C(NCc1cccc(C(F)(F)F)c1)c1cn(Cc2ccccc2)c2ccccc12. The number of hydrogen-bond donors (Lipinski definition) is 1. The minimum absolute atomic E-state index is 0. The van der Waals surface area contributed by atoms with E-state index in [2.05, 4.69) is 9.88 Å². The molecule has 8 heteroatoms. The van der Waals surface area contributed by atoms with Crippen LogP contribution >= 0.6 is 12.4 Å². The summed E-state index contributed by atoms with van der Waals surface area (Å²) >= 11 is 0. The van der Waals surface area contributed by atoms with Gasteiger partial charge >= 0.3 is 12.1 Å². The summed E-state index contributed by atoms with van der Waals surface area (Å²) in [5, 5.41) is 4.05. The van der Waals surface area contributed by atoms with Gasteiger partial charge in [0.1, 0.15) is 12.6 Å². The van der Waals surface area contributed by atoms with Gasteiger partial charge in [0.05, 0.1) is 5.56 Å². The quantitative estimate of drug-likeness (QED) is 0.187. The maximum Gasteiger partial charge on any atom is 0.416 e. The molecule has 0 saturated heterocycles. The van der Waals surface area contributed by atoms with Gasteiger partial charge in [0.25, 0.3) is 0 Å². The first-order valence-corrected chi connectivity index (χ1v) is 12.6. The number of para-hydroxylation sites is 1. The fourth-order valence-corrected chi connectivity index (χ4v) is 4.63. The van der Waals surface area contributed by atoms with Crippen molar-refractivity contribution in [3.63, 3.8) is 0 Å². The van der Waals surface area contributed by atoms with Crippen LogP contribution in [-0.2, 0) is 35.4 Å². The van der Waals surface area contributed by atoms with E-state index in [-0.39, 0.29) is 25.6 Å². The van der Waals surface area contributed by atoms with Crippen LogP contribution in [0, 0.1) is 0 Å². The summed E-state index contributed by atoms with van der Waals surface area (Å²) < 4.78 is 47.6. The number of nitrogens with one attached hydrogen (secondary N) is 1. The highest BCUT2D eigenvalue weighted by Gasteiger charge is 2.31. The lowest BCUT2D eigenvalue weighted by atomic mass is 10.0. The second kappa shape index (κ2) is 12.9. The smallest absolute Gasteiger partial charge is 0.416 e. The van der Waals surface area contributed by atoms with Crippen LogP contribution < -0.4 is 5.32 Å². The summed E-state index contributed by atoms with van der Waals surface area (Å²) in [5.41, 5.74) is 3.27. The zero-order chi connectivity index (χ0) is 27.2. The molecule has 0 amide bonds. The number of ether oxygens (including phenoxy) is 1. The summed E-state index contributed by atoms with van der Waals surface area (Å²) in [6.45, 7) is 0.734. The number of benzene rings is 4. The van der Waals surface area contributed by atoms with E-state index in [1.54, 1.807) is 6.07 Å². The van der Waals surface area contributed by atoms with Crippen LogP contribution in [0.4, 0.5) is 13.2 Å². The third-order valence-corrected chi connectivity index (χ3v) is 6.55. The molecule has 4 nitrogen and oxygen atoms in total. The predicted octanol–water partition coefficient (Wildman–Crippen LogP) is 7.70. The molecule has 0 aliphatic carbocycles. The van der Waals surface area contributed by atoms with E-state index in [1.165, 1.54) is 6.07 Å². The lowest BCUT2D eigenvalue weighted by Crippen LogP contribution is -2.30. The minimum Gasteiger partial charge on any atom is -0.459 e. The fraction of sp³-hybridized carbons (Fsp3) is 0.156. The highest BCUT2D eigenvalue weighted by atomic mass is 35.5. The standard InChI is InChI=1S/C32H27F3N2O2.ClH/c33-32(34,35)26-15-9-14-25(18-26)19-36-30(31(38)39-22-24-12-5-2-6-13-24)28-21-37(20-23-10-3-1-4-11-23)29-17-8-7-16-27(28)29;/h1-18,21,30,36H,19-20,22H2;1H. The lowest BCUT2D eigenvalue weighted by Gasteiger charge is -2.18. The largest absolute Gasteiger partial charge is 0.459 e. The Kier molecular flexibility index (Phi) is 9.30. The van der Waals surface area contributed by atoms with Gasteiger partial charge in [0.15, 0.2) is 0 Å². The molecule has 1 unspecified atom stereocenters. The van der Waals surface area contributed by atoms with Gasteiger partial charge in [0.2, 0.25) is 0 Å². The number of carbonyl (C=O) groups excluding carboxylic acids is 1. The van der Waals surface area contributed by atoms with E-state index in [1.807, 2.05) is 91.1 Å². The van der Waals surface area contributed by atoms with Crippen molar-refractivity contribution in [2.24, 2.45) is 0 Å². The molecule has 1 N–H and O–H groups in total. The van der Waals surface area contributed by atoms with E-state index in [9.17, 15) is 18.0 Å². The normalized spacial score (nSPS) is 12.1. The third kappa shape index (κ3) is 6.92. The number of carbonyl (C=O) groups is 1. The number of fused-ring (bicyclic) bond motifs is 1. The van der Waals surface area contributed by atoms with Crippen molar-refractivity contribution < 1.29 is 22.7 Å². The van der Waals surface area contributed by atoms with E-state index in [4.69, 9.17) is 4.74 Å². The minimum atomic E-state index is -4.45. The van der Waals surface area contributed by atoms with Gasteiger partial charge < -0.3 is 9.30 Å². The van der Waals surface area contributed by atoms with Crippen molar-refractivity contribution >= 4 is 29.3 Å². The molecule has 1 atom stereocenters. The predicted molar refractivity (Wildman–Crippen MR) is 152 cm³/mol. The van der Waals surface area contributed by atoms with Crippen LogP contribution in [0.15, 0.2) is 115 Å². The van der Waals surface area contributed by atoms with Gasteiger partial charge in [-0.05, 0) is 28.8 Å². The van der Waals surface area contributed by atoms with Gasteiger partial charge in [-0.3, -0.25) is 5.32 Å². The summed E-state index contributed by atoms with van der Waals surface area (Å²) in [6, 6.07) is 31.3. The fourth-order valence-electron chi connectivity index (χ4n) is 4.63. The average molecular weight is 565 g/mol. The molecular formula is C32H28ClF3N2O2. The summed E-state index contributed by atoms with van der Waals surface area (Å²) in [4.78, 5) is 13.5. The van der Waals surface area contributed by atoms with Gasteiger partial charge in [-0.1, -0.05) is 97.1 Å². The summed E-state index contributed by atoms with van der Waals surface area (Å²) in [7, 11) is 0. The molecule has 1 heterocycles. The maximum absolute atomic E-state index is 13.5. The average Bonchev–Trinajstić information content (AvgIpc) is 3.31. The van der Waals surface area contributed by atoms with Crippen LogP contribution in [0.5, 0.6) is 0 Å². The number of rotatable bonds is 9. The highest BCUT2D eigenvalue weighted by molar-refractivity contribution is 5.90. The molecule has 0 fully saturated rings. The Bertz CT molecular complexity index is 1550.